The molecule has 4 rings (SSSR count). The van der Waals surface area contributed by atoms with Gasteiger partial charge in [0, 0.05) is 41.7 Å². The summed E-state index contributed by atoms with van der Waals surface area (Å²) in [6.45, 7) is 4.87. The maximum absolute atomic E-state index is 12.1. The smallest absolute Gasteiger partial charge is 0.244 e. The molecule has 0 bridgehead atoms. The summed E-state index contributed by atoms with van der Waals surface area (Å²) in [6, 6.07) is 16.3. The van der Waals surface area contributed by atoms with Crippen molar-refractivity contribution in [1.82, 2.24) is 15.6 Å². The fraction of sp³-hybridized carbons (Fsp3) is 0.280. The van der Waals surface area contributed by atoms with Crippen molar-refractivity contribution >= 4 is 23.6 Å². The molecule has 0 unspecified atom stereocenters. The number of amides is 1. The number of benzene rings is 2. The number of oxazole rings is 1. The predicted octanol–water partition coefficient (Wildman–Crippen LogP) is 4.77. The highest BCUT2D eigenvalue weighted by molar-refractivity contribution is 6.30. The van der Waals surface area contributed by atoms with Gasteiger partial charge in [-0.15, -0.1) is 0 Å². The van der Waals surface area contributed by atoms with Crippen molar-refractivity contribution in [2.45, 2.75) is 38.8 Å². The van der Waals surface area contributed by atoms with Gasteiger partial charge >= 0.3 is 0 Å². The van der Waals surface area contributed by atoms with Crippen LogP contribution in [0.1, 0.15) is 36.1 Å². The molecule has 2 aromatic carbocycles. The Kier molecular flexibility index (Phi) is 6.54. The predicted molar refractivity (Wildman–Crippen MR) is 124 cm³/mol. The lowest BCUT2D eigenvalue weighted by molar-refractivity contribution is -0.117. The number of halogens is 1. The van der Waals surface area contributed by atoms with Crippen LogP contribution in [0.2, 0.25) is 5.02 Å². The van der Waals surface area contributed by atoms with E-state index in [0.29, 0.717) is 23.4 Å². The van der Waals surface area contributed by atoms with Crippen LogP contribution in [0.25, 0.3) is 17.3 Å². The molecule has 1 aliphatic rings. The lowest BCUT2D eigenvalue weighted by Crippen LogP contribution is -2.34. The molecule has 1 saturated heterocycles. The monoisotopic (exact) mass is 435 g/mol. The summed E-state index contributed by atoms with van der Waals surface area (Å²) >= 11 is 6.07. The third-order valence-electron chi connectivity index (χ3n) is 5.39. The average molecular weight is 436 g/mol. The maximum Gasteiger partial charge on any atom is 0.244 e. The topological polar surface area (TPSA) is 67.2 Å². The van der Waals surface area contributed by atoms with Gasteiger partial charge in [0.05, 0.1) is 0 Å². The van der Waals surface area contributed by atoms with E-state index in [0.717, 1.165) is 41.1 Å². The fourth-order valence-electron chi connectivity index (χ4n) is 3.84. The maximum atomic E-state index is 12.1. The Morgan fingerprint density at radius 3 is 2.81 bits per heavy atom. The molecule has 160 valence electrons. The lowest BCUT2D eigenvalue weighted by Gasteiger charge is -2.08. The molecular formula is C25H26ClN3O2. The molecule has 2 heterocycles. The van der Waals surface area contributed by atoms with Crippen LogP contribution in [0, 0.1) is 6.92 Å². The van der Waals surface area contributed by atoms with Crippen LogP contribution in [-0.2, 0) is 11.2 Å². The minimum atomic E-state index is -0.0667. The first-order chi connectivity index (χ1) is 15.0. The second kappa shape index (κ2) is 9.50. The van der Waals surface area contributed by atoms with Gasteiger partial charge < -0.3 is 15.1 Å². The molecule has 0 saturated carbocycles. The minimum absolute atomic E-state index is 0.0667. The second-order valence-corrected chi connectivity index (χ2v) is 8.46. The normalized spacial score (nSPS) is 18.5. The summed E-state index contributed by atoms with van der Waals surface area (Å²) in [5, 5.41) is 7.07. The zero-order chi connectivity index (χ0) is 21.8. The van der Waals surface area contributed by atoms with Gasteiger partial charge in [-0.05, 0) is 49.6 Å². The Bertz CT molecular complexity index is 1090. The lowest BCUT2D eigenvalue weighted by atomic mass is 10.1. The van der Waals surface area contributed by atoms with E-state index in [9.17, 15) is 4.79 Å². The molecule has 3 aromatic rings. The molecule has 2 N–H and O–H groups in total. The van der Waals surface area contributed by atoms with E-state index in [-0.39, 0.29) is 11.9 Å². The Morgan fingerprint density at radius 2 is 2.10 bits per heavy atom. The van der Waals surface area contributed by atoms with Crippen LogP contribution in [0.3, 0.4) is 0 Å². The molecular weight excluding hydrogens is 410 g/mol. The molecule has 5 nitrogen and oxygen atoms in total. The van der Waals surface area contributed by atoms with Crippen molar-refractivity contribution in [3.63, 3.8) is 0 Å². The average Bonchev–Trinajstić information content (AvgIpc) is 3.31. The Labute approximate surface area is 187 Å². The summed E-state index contributed by atoms with van der Waals surface area (Å²) in [6.07, 6.45) is 4.96. The minimum Gasteiger partial charge on any atom is -0.445 e. The Morgan fingerprint density at radius 1 is 1.29 bits per heavy atom. The SMILES string of the molecule is Cc1oc(Cc2cccc(Cl)c2)nc1-c1ccc(/C=C/C(=O)N[C@H]2CN[C@H](C)C2)cc1. The number of aryl methyl sites for hydroxylation is 1. The Balaban J connectivity index is 1.40. The molecule has 31 heavy (non-hydrogen) atoms. The molecule has 1 fully saturated rings. The highest BCUT2D eigenvalue weighted by Gasteiger charge is 2.21. The Hall–Kier alpha value is -2.89. The van der Waals surface area contributed by atoms with E-state index in [1.165, 1.54) is 0 Å². The summed E-state index contributed by atoms with van der Waals surface area (Å²) in [7, 11) is 0. The van der Waals surface area contributed by atoms with Gasteiger partial charge in [-0.2, -0.15) is 0 Å². The summed E-state index contributed by atoms with van der Waals surface area (Å²) in [5.74, 6) is 1.37. The zero-order valence-corrected chi connectivity index (χ0v) is 18.4. The van der Waals surface area contributed by atoms with Gasteiger partial charge in [-0.25, -0.2) is 4.98 Å². The number of nitrogens with zero attached hydrogens (tertiary/aromatic N) is 1. The zero-order valence-electron chi connectivity index (χ0n) is 17.7. The molecule has 1 aliphatic heterocycles. The molecule has 6 heteroatoms. The molecule has 2 atom stereocenters. The summed E-state index contributed by atoms with van der Waals surface area (Å²) in [4.78, 5) is 16.8. The van der Waals surface area contributed by atoms with Gasteiger partial charge in [0.2, 0.25) is 5.91 Å². The first-order valence-corrected chi connectivity index (χ1v) is 10.9. The first-order valence-electron chi connectivity index (χ1n) is 10.5. The number of hydrogen-bond acceptors (Lipinski definition) is 4. The number of carbonyl (C=O) groups is 1. The van der Waals surface area contributed by atoms with Crippen molar-refractivity contribution in [3.05, 3.63) is 82.4 Å². The molecule has 1 aromatic heterocycles. The van der Waals surface area contributed by atoms with E-state index in [2.05, 4.69) is 22.5 Å². The van der Waals surface area contributed by atoms with Crippen LogP contribution in [-0.4, -0.2) is 29.5 Å². The van der Waals surface area contributed by atoms with Crippen molar-refractivity contribution < 1.29 is 9.21 Å². The largest absolute Gasteiger partial charge is 0.445 e. The van der Waals surface area contributed by atoms with E-state index < -0.39 is 0 Å². The van der Waals surface area contributed by atoms with Crippen molar-refractivity contribution in [2.75, 3.05) is 6.54 Å². The number of aromatic nitrogens is 1. The van der Waals surface area contributed by atoms with Gasteiger partial charge in [-0.1, -0.05) is 48.0 Å². The van der Waals surface area contributed by atoms with Crippen molar-refractivity contribution in [2.24, 2.45) is 0 Å². The van der Waals surface area contributed by atoms with Crippen LogP contribution < -0.4 is 10.6 Å². The number of carbonyl (C=O) groups excluding carboxylic acids is 1. The molecule has 0 radical (unpaired) electrons. The van der Waals surface area contributed by atoms with Gasteiger partial charge in [0.25, 0.3) is 0 Å². The van der Waals surface area contributed by atoms with Gasteiger partial charge in [0.1, 0.15) is 11.5 Å². The number of nitrogens with one attached hydrogen (secondary N) is 2. The number of rotatable bonds is 6. The molecule has 0 aliphatic carbocycles. The molecule has 0 spiro atoms. The van der Waals surface area contributed by atoms with Crippen molar-refractivity contribution in [1.29, 1.82) is 0 Å². The first kappa shape index (κ1) is 21.3. The van der Waals surface area contributed by atoms with Crippen LogP contribution in [0.4, 0.5) is 0 Å². The van der Waals surface area contributed by atoms with Crippen LogP contribution in [0.15, 0.2) is 59.0 Å². The van der Waals surface area contributed by atoms with E-state index >= 15 is 0 Å². The van der Waals surface area contributed by atoms with E-state index in [4.69, 9.17) is 16.0 Å². The number of hydrogen-bond donors (Lipinski definition) is 2. The standard InChI is InChI=1S/C25H26ClN3O2/c1-16-12-22(15-27-16)28-23(30)11-8-18-6-9-20(10-7-18)25-17(2)31-24(29-25)14-19-4-3-5-21(26)13-19/h3-11,13,16,22,27H,12,14-15H2,1-2H3,(H,28,30)/b11-8+/t16-,22-/m1/s1. The summed E-state index contributed by atoms with van der Waals surface area (Å²) in [5.41, 5.74) is 3.82. The van der Waals surface area contributed by atoms with Gasteiger partial charge in [0.15, 0.2) is 5.89 Å². The van der Waals surface area contributed by atoms with Crippen LogP contribution >= 0.6 is 11.6 Å². The van der Waals surface area contributed by atoms with Crippen molar-refractivity contribution in [3.8, 4) is 11.3 Å². The third kappa shape index (κ3) is 5.63. The quantitative estimate of drug-likeness (QED) is 0.547. The second-order valence-electron chi connectivity index (χ2n) is 8.02. The van der Waals surface area contributed by atoms with Crippen LogP contribution in [0.5, 0.6) is 0 Å². The summed E-state index contributed by atoms with van der Waals surface area (Å²) < 4.78 is 5.87. The highest BCUT2D eigenvalue weighted by atomic mass is 35.5. The third-order valence-corrected chi connectivity index (χ3v) is 5.63. The van der Waals surface area contributed by atoms with Gasteiger partial charge in [-0.3, -0.25) is 4.79 Å². The molecule has 1 amide bonds. The highest BCUT2D eigenvalue weighted by Crippen LogP contribution is 2.25. The van der Waals surface area contributed by atoms with E-state index in [1.807, 2.05) is 61.5 Å². The van der Waals surface area contributed by atoms with E-state index in [1.54, 1.807) is 6.08 Å². The fourth-order valence-corrected chi connectivity index (χ4v) is 4.05.